The van der Waals surface area contributed by atoms with Crippen LogP contribution in [0.2, 0.25) is 0 Å². The highest BCUT2D eigenvalue weighted by Gasteiger charge is 2.58. The minimum absolute atomic E-state index is 0.00411. The molecule has 0 aromatic heterocycles. The van der Waals surface area contributed by atoms with Gasteiger partial charge in [0.15, 0.2) is 30.7 Å². The van der Waals surface area contributed by atoms with Crippen molar-refractivity contribution in [1.29, 1.82) is 0 Å². The minimum atomic E-state index is -1.94. The van der Waals surface area contributed by atoms with E-state index in [4.69, 9.17) is 52.1 Å². The Labute approximate surface area is 483 Å². The third kappa shape index (κ3) is 14.0. The average molecular weight is 1170 g/mol. The lowest BCUT2D eigenvalue weighted by Gasteiger charge is -2.47. The Morgan fingerprint density at radius 1 is 0.482 bits per heavy atom. The van der Waals surface area contributed by atoms with Crippen LogP contribution in [0.3, 0.4) is 0 Å². The number of ether oxygens (including phenoxy) is 11. The molecule has 85 heavy (non-hydrogen) atoms. The molecule has 3 heterocycles. The number of nitro groups is 1. The molecule has 0 bridgehead atoms. The Balaban J connectivity index is 1.12. The third-order valence-electron chi connectivity index (χ3n) is 13.4. The molecule has 438 valence electrons. The molecule has 6 aromatic rings. The number of amides is 2. The maximum atomic E-state index is 14.2. The fourth-order valence-corrected chi connectivity index (χ4v) is 9.63. The Morgan fingerprint density at radius 3 is 1.39 bits per heavy atom. The van der Waals surface area contributed by atoms with Gasteiger partial charge in [0.05, 0.1) is 50.5 Å². The van der Waals surface area contributed by atoms with Gasteiger partial charge in [0.2, 0.25) is 12.4 Å². The second kappa shape index (κ2) is 26.8. The summed E-state index contributed by atoms with van der Waals surface area (Å²) in [5.41, 5.74) is -0.896. The van der Waals surface area contributed by atoms with Gasteiger partial charge in [-0.3, -0.25) is 39.0 Å². The molecule has 0 spiro atoms. The Kier molecular flexibility index (Phi) is 18.8. The van der Waals surface area contributed by atoms with Crippen molar-refractivity contribution in [3.05, 3.63) is 213 Å². The molecule has 3 aliphatic heterocycles. The topological polar surface area (TPSA) is 302 Å². The minimum Gasteiger partial charge on any atom is -0.463 e. The maximum Gasteiger partial charge on any atom is 0.338 e. The quantitative estimate of drug-likeness (QED) is 0.0257. The van der Waals surface area contributed by atoms with Gasteiger partial charge < -0.3 is 52.1 Å². The van der Waals surface area contributed by atoms with Gasteiger partial charge in [0.25, 0.3) is 17.5 Å². The maximum absolute atomic E-state index is 14.2. The van der Waals surface area contributed by atoms with Crippen LogP contribution in [-0.2, 0) is 68.4 Å². The molecule has 24 nitrogen and oxygen atoms in total. The van der Waals surface area contributed by atoms with Crippen molar-refractivity contribution in [3.63, 3.8) is 0 Å². The van der Waals surface area contributed by atoms with Gasteiger partial charge in [-0.2, -0.15) is 0 Å². The molecular formula is C61H52N2O22. The first-order valence-electron chi connectivity index (χ1n) is 26.3. The van der Waals surface area contributed by atoms with Gasteiger partial charge in [-0.25, -0.2) is 19.2 Å². The summed E-state index contributed by atoms with van der Waals surface area (Å²) in [4.78, 5) is 135. The largest absolute Gasteiger partial charge is 0.463 e. The van der Waals surface area contributed by atoms with E-state index < -0.39 is 145 Å². The molecule has 0 saturated carbocycles. The lowest BCUT2D eigenvalue weighted by molar-refractivity contribution is -0.386. The van der Waals surface area contributed by atoms with Crippen molar-refractivity contribution < 1.29 is 100 Å². The fraction of sp³-hybridized carbons (Fsp3) is 0.262. The molecule has 3 aliphatic rings. The van der Waals surface area contributed by atoms with Gasteiger partial charge in [0.1, 0.15) is 37.2 Å². The van der Waals surface area contributed by atoms with Gasteiger partial charge >= 0.3 is 41.8 Å². The summed E-state index contributed by atoms with van der Waals surface area (Å²) >= 11 is 0. The Hall–Kier alpha value is -10.2. The van der Waals surface area contributed by atoms with Crippen LogP contribution < -0.4 is 4.74 Å². The first kappa shape index (κ1) is 59.5. The molecule has 0 radical (unpaired) electrons. The molecular weight excluding hydrogens is 1110 g/mol. The van der Waals surface area contributed by atoms with Crippen LogP contribution in [0.5, 0.6) is 5.75 Å². The summed E-state index contributed by atoms with van der Waals surface area (Å²) < 4.78 is 66.2. The smallest absolute Gasteiger partial charge is 0.338 e. The van der Waals surface area contributed by atoms with Crippen LogP contribution in [0, 0.1) is 10.1 Å². The molecule has 2 fully saturated rings. The monoisotopic (exact) mass is 1160 g/mol. The highest BCUT2D eigenvalue weighted by Crippen LogP contribution is 2.38. The van der Waals surface area contributed by atoms with Crippen molar-refractivity contribution in [2.45, 2.75) is 88.7 Å². The van der Waals surface area contributed by atoms with Crippen molar-refractivity contribution in [2.24, 2.45) is 0 Å². The molecule has 2 amide bonds. The number of hydrogen-bond acceptors (Lipinski definition) is 22. The SMILES string of the molecule is CC(=O)OC[C@H]1O[C@@H](OCc2cc(O[C@@H]3O[C@H](COC(=O)c4ccccc4)[C@H](OC(=O)c4ccccc4)[C@H](OC(=O)c4ccccc4)[C@H]3OC(=O)c3ccccc3)ccc2[N+](=O)[O-])[C@H](N2C(=O)c3ccccc3C2=O)[C@@H](OC(C)=O)[C@@H]1OC(C)=O. The fourth-order valence-electron chi connectivity index (χ4n) is 9.63. The van der Waals surface area contributed by atoms with Crippen molar-refractivity contribution in [3.8, 4) is 5.75 Å². The van der Waals surface area contributed by atoms with E-state index >= 15 is 0 Å². The Morgan fingerprint density at radius 2 is 0.906 bits per heavy atom. The highest BCUT2D eigenvalue weighted by atomic mass is 16.7. The lowest BCUT2D eigenvalue weighted by Crippen LogP contribution is -2.67. The van der Waals surface area contributed by atoms with Crippen molar-refractivity contribution in [2.75, 3.05) is 13.2 Å². The number of imide groups is 1. The number of nitro benzene ring substituents is 1. The number of carbonyl (C=O) groups is 9. The zero-order valence-electron chi connectivity index (χ0n) is 45.4. The lowest BCUT2D eigenvalue weighted by atomic mass is 9.94. The summed E-state index contributed by atoms with van der Waals surface area (Å²) in [6, 6.07) is 37.8. The van der Waals surface area contributed by atoms with E-state index in [1.54, 1.807) is 72.8 Å². The molecule has 9 rings (SSSR count). The number of esters is 7. The van der Waals surface area contributed by atoms with Crippen LogP contribution in [0.15, 0.2) is 164 Å². The number of benzene rings is 6. The summed E-state index contributed by atoms with van der Waals surface area (Å²) in [7, 11) is 0. The van der Waals surface area contributed by atoms with E-state index in [0.29, 0.717) is 4.90 Å². The van der Waals surface area contributed by atoms with Gasteiger partial charge in [-0.1, -0.05) is 84.9 Å². The molecule has 6 aromatic carbocycles. The molecule has 2 saturated heterocycles. The number of rotatable bonds is 20. The standard InChI is InChI=1S/C61H52N2O22/c1-34(64)75-32-46-49(78-35(2)65)51(79-36(3)66)48(62-54(67)43-26-16-17-27-44(43)55(62)68)60(81-46)77-31-41-30-42(28-29-45(41)63(73)74)80-61-53(85-59(72)40-24-14-7-15-25-40)52(84-58(71)39-22-12-6-13-23-39)50(83-57(70)38-20-10-5-11-21-38)47(82-61)33-76-56(69)37-18-8-4-9-19-37/h4-30,46-53,60-61H,31-33H2,1-3H3/t46-,47-,48-,49-,50+,51-,52+,53-,60-,61-/m1/s1. The van der Waals surface area contributed by atoms with Crippen LogP contribution >= 0.6 is 0 Å². The number of hydrogen-bond donors (Lipinski definition) is 0. The predicted molar refractivity (Wildman–Crippen MR) is 288 cm³/mol. The van der Waals surface area contributed by atoms with Gasteiger partial charge in [-0.05, 0) is 72.8 Å². The molecule has 10 atom stereocenters. The molecule has 0 unspecified atom stereocenters. The van der Waals surface area contributed by atoms with Crippen LogP contribution in [-0.4, -0.2) is 138 Å². The van der Waals surface area contributed by atoms with Gasteiger partial charge in [-0.15, -0.1) is 0 Å². The first-order chi connectivity index (χ1) is 40.9. The average Bonchev–Trinajstić information content (AvgIpc) is 3.27. The van der Waals surface area contributed by atoms with Crippen LogP contribution in [0.4, 0.5) is 5.69 Å². The van der Waals surface area contributed by atoms with E-state index in [-0.39, 0.29) is 44.7 Å². The van der Waals surface area contributed by atoms with E-state index in [0.717, 1.165) is 39.0 Å². The van der Waals surface area contributed by atoms with E-state index in [2.05, 4.69) is 0 Å². The highest BCUT2D eigenvalue weighted by molar-refractivity contribution is 6.21. The predicted octanol–water partition coefficient (Wildman–Crippen LogP) is 6.57. The van der Waals surface area contributed by atoms with Crippen LogP contribution in [0.1, 0.15) is 88.5 Å². The molecule has 0 N–H and O–H groups in total. The number of carbonyl (C=O) groups excluding carboxylic acids is 9. The Bertz CT molecular complexity index is 3440. The third-order valence-corrected chi connectivity index (χ3v) is 13.4. The molecule has 24 heteroatoms. The summed E-state index contributed by atoms with van der Waals surface area (Å²) in [6.45, 7) is 0.852. The first-order valence-corrected chi connectivity index (χ1v) is 26.3. The normalized spacial score (nSPS) is 22.4. The van der Waals surface area contributed by atoms with Crippen molar-refractivity contribution >= 4 is 59.3 Å². The molecule has 0 aliphatic carbocycles. The van der Waals surface area contributed by atoms with Crippen molar-refractivity contribution in [1.82, 2.24) is 4.90 Å². The summed E-state index contributed by atoms with van der Waals surface area (Å²) in [6.07, 6.45) is -16.0. The summed E-state index contributed by atoms with van der Waals surface area (Å²) in [5.74, 6) is -8.67. The number of nitrogens with zero attached hydrogens (tertiary/aromatic N) is 2. The van der Waals surface area contributed by atoms with E-state index in [1.807, 2.05) is 0 Å². The number of fused-ring (bicyclic) bond motifs is 1. The second-order valence-electron chi connectivity index (χ2n) is 19.2. The summed E-state index contributed by atoms with van der Waals surface area (Å²) in [5, 5.41) is 12.9. The van der Waals surface area contributed by atoms with Gasteiger partial charge in [0, 0.05) is 26.8 Å². The zero-order chi connectivity index (χ0) is 60.3. The zero-order valence-corrected chi connectivity index (χ0v) is 45.4. The second-order valence-corrected chi connectivity index (χ2v) is 19.2. The van der Waals surface area contributed by atoms with E-state index in [1.165, 1.54) is 72.8 Å². The van der Waals surface area contributed by atoms with Crippen LogP contribution in [0.25, 0.3) is 0 Å². The van der Waals surface area contributed by atoms with E-state index in [9.17, 15) is 53.3 Å².